The van der Waals surface area contributed by atoms with Crippen molar-refractivity contribution >= 4 is 0 Å². The summed E-state index contributed by atoms with van der Waals surface area (Å²) in [6.07, 6.45) is 0. The van der Waals surface area contributed by atoms with E-state index in [1.807, 2.05) is 30.3 Å². The predicted octanol–water partition coefficient (Wildman–Crippen LogP) is 2.40. The number of aromatic amines is 1. The summed E-state index contributed by atoms with van der Waals surface area (Å²) < 4.78 is 5.11. The van der Waals surface area contributed by atoms with Gasteiger partial charge in [-0.05, 0) is 5.56 Å². The Morgan fingerprint density at radius 1 is 1.21 bits per heavy atom. The van der Waals surface area contributed by atoms with E-state index in [1.165, 1.54) is 0 Å². The number of aromatic hydroxyl groups is 1. The fraction of sp³-hybridized carbons (Fsp3) is 0.0909. The summed E-state index contributed by atoms with van der Waals surface area (Å²) in [4.78, 5) is 2.73. The molecule has 1 aromatic heterocycles. The van der Waals surface area contributed by atoms with Gasteiger partial charge < -0.3 is 9.84 Å². The van der Waals surface area contributed by atoms with Crippen molar-refractivity contribution in [1.29, 1.82) is 0 Å². The van der Waals surface area contributed by atoms with Crippen LogP contribution in [-0.4, -0.2) is 17.2 Å². The van der Waals surface area contributed by atoms with Crippen LogP contribution in [0.4, 0.5) is 0 Å². The molecule has 1 aromatic carbocycles. The van der Waals surface area contributed by atoms with E-state index in [4.69, 9.17) is 4.74 Å². The molecule has 72 valence electrons. The fourth-order valence-corrected chi connectivity index (χ4v) is 1.42. The number of methoxy groups -OCH3 is 1. The summed E-state index contributed by atoms with van der Waals surface area (Å²) in [5.41, 5.74) is 1.88. The highest BCUT2D eigenvalue weighted by Gasteiger charge is 2.09. The van der Waals surface area contributed by atoms with Gasteiger partial charge >= 0.3 is 0 Å². The van der Waals surface area contributed by atoms with Crippen molar-refractivity contribution in [3.05, 3.63) is 36.4 Å². The van der Waals surface area contributed by atoms with E-state index in [-0.39, 0.29) is 5.88 Å². The van der Waals surface area contributed by atoms with Gasteiger partial charge in [0.2, 0.25) is 5.88 Å². The fourth-order valence-electron chi connectivity index (χ4n) is 1.42. The van der Waals surface area contributed by atoms with Crippen LogP contribution < -0.4 is 4.74 Å². The topological polar surface area (TPSA) is 45.2 Å². The van der Waals surface area contributed by atoms with Crippen LogP contribution in [0.15, 0.2) is 36.4 Å². The van der Waals surface area contributed by atoms with Crippen LogP contribution in [-0.2, 0) is 0 Å². The lowest BCUT2D eigenvalue weighted by atomic mass is 10.1. The minimum Gasteiger partial charge on any atom is -0.494 e. The number of hydrogen-bond donors (Lipinski definition) is 2. The van der Waals surface area contributed by atoms with Gasteiger partial charge in [0, 0.05) is 11.6 Å². The maximum absolute atomic E-state index is 9.29. The molecule has 0 atom stereocenters. The number of hydrogen-bond acceptors (Lipinski definition) is 2. The van der Waals surface area contributed by atoms with Crippen molar-refractivity contribution in [1.82, 2.24) is 4.98 Å². The van der Waals surface area contributed by atoms with Crippen LogP contribution in [0.3, 0.4) is 0 Å². The SMILES string of the molecule is COc1[nH]c(O)cc1-c1ccccc1. The standard InChI is InChI=1S/C11H11NO2/c1-14-11-9(7-10(13)12-11)8-5-3-2-4-6-8/h2-7,12-13H,1H3. The Labute approximate surface area is 82.0 Å². The highest BCUT2D eigenvalue weighted by atomic mass is 16.5. The smallest absolute Gasteiger partial charge is 0.201 e. The summed E-state index contributed by atoms with van der Waals surface area (Å²) in [5.74, 6) is 0.689. The van der Waals surface area contributed by atoms with E-state index >= 15 is 0 Å². The van der Waals surface area contributed by atoms with Crippen molar-refractivity contribution in [2.24, 2.45) is 0 Å². The summed E-state index contributed by atoms with van der Waals surface area (Å²) in [7, 11) is 1.57. The minimum absolute atomic E-state index is 0.112. The number of ether oxygens (including phenoxy) is 1. The molecule has 2 N–H and O–H groups in total. The Bertz CT molecular complexity index is 420. The highest BCUT2D eigenvalue weighted by Crippen LogP contribution is 2.32. The third kappa shape index (κ3) is 1.44. The molecule has 2 rings (SSSR count). The van der Waals surface area contributed by atoms with E-state index in [2.05, 4.69) is 4.98 Å². The molecule has 3 heteroatoms. The van der Waals surface area contributed by atoms with Gasteiger partial charge in [-0.2, -0.15) is 0 Å². The number of nitrogens with one attached hydrogen (secondary N) is 1. The van der Waals surface area contributed by atoms with Crippen molar-refractivity contribution in [2.75, 3.05) is 7.11 Å². The molecular formula is C11H11NO2. The lowest BCUT2D eigenvalue weighted by Gasteiger charge is -2.01. The Morgan fingerprint density at radius 2 is 1.93 bits per heavy atom. The second-order valence-corrected chi connectivity index (χ2v) is 2.97. The molecule has 0 spiro atoms. The molecule has 3 nitrogen and oxygen atoms in total. The third-order valence-electron chi connectivity index (χ3n) is 2.06. The second-order valence-electron chi connectivity index (χ2n) is 2.97. The summed E-state index contributed by atoms with van der Waals surface area (Å²) >= 11 is 0. The zero-order valence-corrected chi connectivity index (χ0v) is 7.82. The van der Waals surface area contributed by atoms with Gasteiger partial charge in [0.1, 0.15) is 0 Å². The van der Waals surface area contributed by atoms with E-state index in [1.54, 1.807) is 13.2 Å². The van der Waals surface area contributed by atoms with Crippen molar-refractivity contribution in [3.8, 4) is 22.9 Å². The van der Waals surface area contributed by atoms with Gasteiger partial charge in [-0.3, -0.25) is 4.98 Å². The molecule has 0 saturated carbocycles. The minimum atomic E-state index is 0.112. The first-order valence-electron chi connectivity index (χ1n) is 4.32. The van der Waals surface area contributed by atoms with Gasteiger partial charge in [0.25, 0.3) is 0 Å². The molecule has 0 aliphatic carbocycles. The lowest BCUT2D eigenvalue weighted by molar-refractivity contribution is 0.390. The van der Waals surface area contributed by atoms with Crippen LogP contribution in [0, 0.1) is 0 Å². The number of H-pyrrole nitrogens is 1. The zero-order valence-electron chi connectivity index (χ0n) is 7.82. The van der Waals surface area contributed by atoms with Gasteiger partial charge in [-0.15, -0.1) is 0 Å². The average Bonchev–Trinajstić information content (AvgIpc) is 2.61. The maximum Gasteiger partial charge on any atom is 0.201 e. The van der Waals surface area contributed by atoms with E-state index in [9.17, 15) is 5.11 Å². The summed E-state index contributed by atoms with van der Waals surface area (Å²) in [6, 6.07) is 11.4. The molecule has 0 aliphatic heterocycles. The average molecular weight is 189 g/mol. The molecule has 0 aliphatic rings. The zero-order chi connectivity index (χ0) is 9.97. The largest absolute Gasteiger partial charge is 0.494 e. The first kappa shape index (κ1) is 8.69. The lowest BCUT2D eigenvalue weighted by Crippen LogP contribution is -1.84. The Balaban J connectivity index is 2.51. The predicted molar refractivity (Wildman–Crippen MR) is 54.4 cm³/mol. The Hall–Kier alpha value is -1.90. The summed E-state index contributed by atoms with van der Waals surface area (Å²) in [5, 5.41) is 9.29. The molecule has 0 radical (unpaired) electrons. The van der Waals surface area contributed by atoms with E-state index in [0.717, 1.165) is 11.1 Å². The summed E-state index contributed by atoms with van der Waals surface area (Å²) in [6.45, 7) is 0. The van der Waals surface area contributed by atoms with Crippen LogP contribution in [0.1, 0.15) is 0 Å². The Kier molecular flexibility index (Phi) is 2.14. The molecule has 0 fully saturated rings. The van der Waals surface area contributed by atoms with Gasteiger partial charge in [0.05, 0.1) is 7.11 Å². The van der Waals surface area contributed by atoms with Crippen molar-refractivity contribution in [3.63, 3.8) is 0 Å². The van der Waals surface area contributed by atoms with Crippen LogP contribution in [0.5, 0.6) is 11.8 Å². The first-order chi connectivity index (χ1) is 6.81. The van der Waals surface area contributed by atoms with Crippen LogP contribution >= 0.6 is 0 Å². The molecule has 2 aromatic rings. The molecule has 0 bridgehead atoms. The van der Waals surface area contributed by atoms with E-state index in [0.29, 0.717) is 5.88 Å². The van der Waals surface area contributed by atoms with E-state index < -0.39 is 0 Å². The van der Waals surface area contributed by atoms with Gasteiger partial charge in [-0.1, -0.05) is 30.3 Å². The maximum atomic E-state index is 9.29. The molecule has 0 unspecified atom stereocenters. The number of benzene rings is 1. The third-order valence-corrected chi connectivity index (χ3v) is 2.06. The quantitative estimate of drug-likeness (QED) is 0.761. The molecular weight excluding hydrogens is 178 g/mol. The Morgan fingerprint density at radius 3 is 2.57 bits per heavy atom. The molecule has 0 amide bonds. The monoisotopic (exact) mass is 189 g/mol. The number of aromatic nitrogens is 1. The van der Waals surface area contributed by atoms with Crippen LogP contribution in [0.2, 0.25) is 0 Å². The van der Waals surface area contributed by atoms with Crippen LogP contribution in [0.25, 0.3) is 11.1 Å². The second kappa shape index (κ2) is 3.46. The normalized spacial score (nSPS) is 10.1. The van der Waals surface area contributed by atoms with Crippen molar-refractivity contribution in [2.45, 2.75) is 0 Å². The number of rotatable bonds is 2. The first-order valence-corrected chi connectivity index (χ1v) is 4.32. The van der Waals surface area contributed by atoms with Gasteiger partial charge in [-0.25, -0.2) is 0 Å². The highest BCUT2D eigenvalue weighted by molar-refractivity contribution is 5.70. The van der Waals surface area contributed by atoms with Gasteiger partial charge in [0.15, 0.2) is 5.88 Å². The van der Waals surface area contributed by atoms with Crippen molar-refractivity contribution < 1.29 is 9.84 Å². The molecule has 0 saturated heterocycles. The molecule has 14 heavy (non-hydrogen) atoms. The molecule has 1 heterocycles.